The molecule has 3 rings (SSSR count). The highest BCUT2D eigenvalue weighted by molar-refractivity contribution is 7.89. The minimum Gasteiger partial charge on any atom is -0.339 e. The van der Waals surface area contributed by atoms with Crippen LogP contribution < -0.4 is 0 Å². The Bertz CT molecular complexity index is 1070. The molecule has 1 aliphatic rings. The highest BCUT2D eigenvalue weighted by Gasteiger charge is 2.32. The van der Waals surface area contributed by atoms with Crippen molar-refractivity contribution in [3.63, 3.8) is 0 Å². The van der Waals surface area contributed by atoms with Gasteiger partial charge in [0.05, 0.1) is 17.0 Å². The molecule has 31 heavy (non-hydrogen) atoms. The number of carbonyl (C=O) groups excluding carboxylic acids is 1. The Balaban J connectivity index is 1.59. The highest BCUT2D eigenvalue weighted by Crippen LogP contribution is 2.22. The molecule has 7 nitrogen and oxygen atoms in total. The van der Waals surface area contributed by atoms with Crippen molar-refractivity contribution < 1.29 is 17.6 Å². The van der Waals surface area contributed by atoms with Crippen molar-refractivity contribution in [3.8, 4) is 6.07 Å². The van der Waals surface area contributed by atoms with Gasteiger partial charge in [-0.15, -0.1) is 0 Å². The average molecular weight is 445 g/mol. The fraction of sp³-hybridized carbons (Fsp3) is 0.364. The zero-order chi connectivity index (χ0) is 22.6. The molecule has 0 aromatic heterocycles. The van der Waals surface area contributed by atoms with Crippen LogP contribution in [0.25, 0.3) is 0 Å². The Morgan fingerprint density at radius 2 is 1.74 bits per heavy atom. The molecule has 164 valence electrons. The van der Waals surface area contributed by atoms with Gasteiger partial charge in [0.2, 0.25) is 15.9 Å². The number of hydrogen-bond acceptors (Lipinski definition) is 5. The SMILES string of the molecule is C[C@H](c1ccc(F)cc1)N(C)CC(=O)N1CCN(S(=O)(=O)c2ccccc2C#N)CC1. The van der Waals surface area contributed by atoms with E-state index in [1.807, 2.05) is 24.9 Å². The maximum Gasteiger partial charge on any atom is 0.244 e. The predicted molar refractivity (Wildman–Crippen MR) is 114 cm³/mol. The van der Waals surface area contributed by atoms with E-state index in [-0.39, 0.29) is 60.9 Å². The molecule has 1 amide bonds. The third-order valence-corrected chi connectivity index (χ3v) is 7.57. The maximum atomic E-state index is 13.1. The molecule has 1 heterocycles. The summed E-state index contributed by atoms with van der Waals surface area (Å²) in [7, 11) is -1.97. The zero-order valence-corrected chi connectivity index (χ0v) is 18.3. The molecule has 1 aliphatic heterocycles. The summed E-state index contributed by atoms with van der Waals surface area (Å²) < 4.78 is 40.3. The maximum absolute atomic E-state index is 13.1. The molecule has 1 saturated heterocycles. The fourth-order valence-corrected chi connectivity index (χ4v) is 5.11. The smallest absolute Gasteiger partial charge is 0.244 e. The summed E-state index contributed by atoms with van der Waals surface area (Å²) >= 11 is 0. The van der Waals surface area contributed by atoms with Crippen molar-refractivity contribution in [1.82, 2.24) is 14.1 Å². The second-order valence-corrected chi connectivity index (χ2v) is 9.44. The summed E-state index contributed by atoms with van der Waals surface area (Å²) in [5.41, 5.74) is 1.01. The number of benzene rings is 2. The molecule has 0 radical (unpaired) electrons. The van der Waals surface area contributed by atoms with Gasteiger partial charge in [-0.25, -0.2) is 12.8 Å². The summed E-state index contributed by atoms with van der Waals surface area (Å²) in [5, 5.41) is 9.21. The van der Waals surface area contributed by atoms with Crippen LogP contribution in [-0.4, -0.2) is 68.2 Å². The summed E-state index contributed by atoms with van der Waals surface area (Å²) in [4.78, 5) is 16.3. The standard InChI is InChI=1S/C22H25FN4O3S/c1-17(18-7-9-20(23)10-8-18)25(2)16-22(28)26-11-13-27(14-12-26)31(29,30)21-6-4-3-5-19(21)15-24/h3-10,17H,11-14,16H2,1-2H3/t17-/m1/s1. The van der Waals surface area contributed by atoms with Gasteiger partial charge in [-0.2, -0.15) is 9.57 Å². The quantitative estimate of drug-likeness (QED) is 0.682. The third-order valence-electron chi connectivity index (χ3n) is 5.61. The molecule has 2 aromatic rings. The molecule has 0 bridgehead atoms. The topological polar surface area (TPSA) is 84.7 Å². The number of halogens is 1. The Hall–Kier alpha value is -2.80. The van der Waals surface area contributed by atoms with Crippen LogP contribution >= 0.6 is 0 Å². The predicted octanol–water partition coefficient (Wildman–Crippen LogP) is 2.22. The van der Waals surface area contributed by atoms with Crippen molar-refractivity contribution in [2.45, 2.75) is 17.9 Å². The van der Waals surface area contributed by atoms with E-state index in [9.17, 15) is 22.9 Å². The number of carbonyl (C=O) groups is 1. The van der Waals surface area contributed by atoms with Crippen LogP contribution in [0.15, 0.2) is 53.4 Å². The Morgan fingerprint density at radius 3 is 2.35 bits per heavy atom. The van der Waals surface area contributed by atoms with Gasteiger partial charge in [-0.3, -0.25) is 9.69 Å². The normalized spacial score (nSPS) is 16.2. The Labute approximate surface area is 182 Å². The zero-order valence-electron chi connectivity index (χ0n) is 17.5. The van der Waals surface area contributed by atoms with Crippen LogP contribution in [0.5, 0.6) is 0 Å². The molecule has 0 saturated carbocycles. The molecule has 0 unspecified atom stereocenters. The first-order valence-corrected chi connectivity index (χ1v) is 11.4. The number of sulfonamides is 1. The van der Waals surface area contributed by atoms with Crippen LogP contribution in [0, 0.1) is 17.1 Å². The van der Waals surface area contributed by atoms with E-state index in [0.29, 0.717) is 0 Å². The van der Waals surface area contributed by atoms with E-state index >= 15 is 0 Å². The first-order valence-electron chi connectivity index (χ1n) is 9.97. The third kappa shape index (κ3) is 5.10. The van der Waals surface area contributed by atoms with E-state index < -0.39 is 10.0 Å². The van der Waals surface area contributed by atoms with Gasteiger partial charge in [0.1, 0.15) is 11.9 Å². The molecule has 1 fully saturated rings. The lowest BCUT2D eigenvalue weighted by Gasteiger charge is -2.35. The molecular weight excluding hydrogens is 419 g/mol. The molecule has 0 spiro atoms. The van der Waals surface area contributed by atoms with Gasteiger partial charge >= 0.3 is 0 Å². The van der Waals surface area contributed by atoms with Crippen molar-refractivity contribution in [1.29, 1.82) is 5.26 Å². The largest absolute Gasteiger partial charge is 0.339 e. The number of hydrogen-bond donors (Lipinski definition) is 0. The number of amides is 1. The number of nitriles is 1. The number of likely N-dealkylation sites (N-methyl/N-ethyl adjacent to an activating group) is 1. The van der Waals surface area contributed by atoms with Gasteiger partial charge < -0.3 is 4.90 Å². The van der Waals surface area contributed by atoms with E-state index in [1.165, 1.54) is 28.6 Å². The summed E-state index contributed by atoms with van der Waals surface area (Å²) in [6.45, 7) is 3.02. The number of rotatable bonds is 6. The molecule has 2 aromatic carbocycles. The van der Waals surface area contributed by atoms with Crippen LogP contribution in [0.2, 0.25) is 0 Å². The summed E-state index contributed by atoms with van der Waals surface area (Å²) in [6.07, 6.45) is 0. The number of piperazine rings is 1. The fourth-order valence-electron chi connectivity index (χ4n) is 3.55. The van der Waals surface area contributed by atoms with Crippen molar-refractivity contribution in [3.05, 3.63) is 65.5 Å². The van der Waals surface area contributed by atoms with Crippen LogP contribution in [0.3, 0.4) is 0 Å². The minimum atomic E-state index is -3.80. The van der Waals surface area contributed by atoms with E-state index in [4.69, 9.17) is 0 Å². The molecule has 0 aliphatic carbocycles. The monoisotopic (exact) mass is 444 g/mol. The van der Waals surface area contributed by atoms with E-state index in [2.05, 4.69) is 0 Å². The lowest BCUT2D eigenvalue weighted by Crippen LogP contribution is -2.52. The highest BCUT2D eigenvalue weighted by atomic mass is 32.2. The number of nitrogens with zero attached hydrogens (tertiary/aromatic N) is 4. The van der Waals surface area contributed by atoms with Crippen LogP contribution in [0.1, 0.15) is 24.1 Å². The average Bonchev–Trinajstić information content (AvgIpc) is 2.79. The molecule has 0 N–H and O–H groups in total. The molecule has 1 atom stereocenters. The van der Waals surface area contributed by atoms with Crippen molar-refractivity contribution in [2.24, 2.45) is 0 Å². The van der Waals surface area contributed by atoms with Crippen molar-refractivity contribution in [2.75, 3.05) is 39.8 Å². The second kappa shape index (κ2) is 9.56. The molecular formula is C22H25FN4O3S. The summed E-state index contributed by atoms with van der Waals surface area (Å²) in [5.74, 6) is -0.397. The van der Waals surface area contributed by atoms with Gasteiger partial charge in [0.15, 0.2) is 0 Å². The van der Waals surface area contributed by atoms with E-state index in [1.54, 1.807) is 29.2 Å². The van der Waals surface area contributed by atoms with E-state index in [0.717, 1.165) is 5.56 Å². The van der Waals surface area contributed by atoms with Gasteiger partial charge in [0.25, 0.3) is 0 Å². The van der Waals surface area contributed by atoms with Crippen LogP contribution in [0.4, 0.5) is 4.39 Å². The molecule has 9 heteroatoms. The lowest BCUT2D eigenvalue weighted by molar-refractivity contribution is -0.133. The summed E-state index contributed by atoms with van der Waals surface area (Å²) in [6, 6.07) is 14.1. The Morgan fingerprint density at radius 1 is 1.13 bits per heavy atom. The van der Waals surface area contributed by atoms with Gasteiger partial charge in [0, 0.05) is 32.2 Å². The Kier molecular flexibility index (Phi) is 7.05. The van der Waals surface area contributed by atoms with Crippen molar-refractivity contribution >= 4 is 15.9 Å². The van der Waals surface area contributed by atoms with Gasteiger partial charge in [-0.1, -0.05) is 24.3 Å². The van der Waals surface area contributed by atoms with Gasteiger partial charge in [-0.05, 0) is 43.8 Å². The first-order chi connectivity index (χ1) is 14.7. The minimum absolute atomic E-state index is 0.00914. The van der Waals surface area contributed by atoms with Crippen LogP contribution in [-0.2, 0) is 14.8 Å². The second-order valence-electron chi connectivity index (χ2n) is 7.54. The first kappa shape index (κ1) is 22.9. The lowest BCUT2D eigenvalue weighted by atomic mass is 10.1.